The summed E-state index contributed by atoms with van der Waals surface area (Å²) >= 11 is 0. The molecule has 0 fully saturated rings. The summed E-state index contributed by atoms with van der Waals surface area (Å²) in [6, 6.07) is 9.24. The number of amides is 1. The zero-order chi connectivity index (χ0) is 15.2. The third-order valence-electron chi connectivity index (χ3n) is 3.07. The topological polar surface area (TPSA) is 63.8 Å². The van der Waals surface area contributed by atoms with Crippen LogP contribution in [0.3, 0.4) is 0 Å². The van der Waals surface area contributed by atoms with Crippen molar-refractivity contribution >= 4 is 11.6 Å². The summed E-state index contributed by atoms with van der Waals surface area (Å²) < 4.78 is 10.6. The number of hydrogen-bond donors (Lipinski definition) is 1. The number of benzene rings is 1. The van der Waals surface area contributed by atoms with Crippen LogP contribution in [-0.2, 0) is 4.79 Å². The predicted molar refractivity (Wildman–Crippen MR) is 80.5 cm³/mol. The number of ether oxygens (including phenoxy) is 1. The van der Waals surface area contributed by atoms with Gasteiger partial charge < -0.3 is 9.15 Å². The van der Waals surface area contributed by atoms with Gasteiger partial charge in [-0.2, -0.15) is 5.10 Å². The number of furan rings is 1. The third kappa shape index (κ3) is 4.21. The number of aryl methyl sites for hydroxylation is 2. The average molecular weight is 286 g/mol. The molecule has 1 aromatic heterocycles. The lowest BCUT2D eigenvalue weighted by molar-refractivity contribution is -0.123. The molecule has 1 aromatic carbocycles. The minimum absolute atomic E-state index is 0.0859. The van der Waals surface area contributed by atoms with E-state index in [0.29, 0.717) is 17.2 Å². The molecule has 1 amide bonds. The largest absolute Gasteiger partial charge is 0.484 e. The highest BCUT2D eigenvalue weighted by molar-refractivity contribution is 5.96. The number of nitrogens with zero attached hydrogens (tertiary/aromatic N) is 1. The van der Waals surface area contributed by atoms with Crippen LogP contribution in [0.4, 0.5) is 0 Å². The van der Waals surface area contributed by atoms with Gasteiger partial charge in [-0.3, -0.25) is 4.79 Å². The molecule has 0 radical (unpaired) electrons. The Kier molecular flexibility index (Phi) is 4.77. The Bertz CT molecular complexity index is 646. The highest BCUT2D eigenvalue weighted by Gasteiger charge is 2.04. The smallest absolute Gasteiger partial charge is 0.277 e. The normalized spacial score (nSPS) is 11.3. The second-order valence-electron chi connectivity index (χ2n) is 4.74. The summed E-state index contributed by atoms with van der Waals surface area (Å²) in [7, 11) is 0. The van der Waals surface area contributed by atoms with Gasteiger partial charge in [0.1, 0.15) is 17.2 Å². The molecule has 2 aromatic rings. The second kappa shape index (κ2) is 6.74. The van der Waals surface area contributed by atoms with Gasteiger partial charge >= 0.3 is 0 Å². The van der Waals surface area contributed by atoms with Gasteiger partial charge in [0.05, 0.1) is 6.26 Å². The fourth-order valence-electron chi connectivity index (χ4n) is 1.67. The van der Waals surface area contributed by atoms with E-state index in [9.17, 15) is 4.79 Å². The predicted octanol–water partition coefficient (Wildman–Crippen LogP) is 2.82. The van der Waals surface area contributed by atoms with Crippen LogP contribution in [0, 0.1) is 13.8 Å². The summed E-state index contributed by atoms with van der Waals surface area (Å²) in [6.07, 6.45) is 1.55. The van der Waals surface area contributed by atoms with Crippen molar-refractivity contribution in [2.75, 3.05) is 6.61 Å². The van der Waals surface area contributed by atoms with E-state index < -0.39 is 0 Å². The first-order valence-electron chi connectivity index (χ1n) is 6.63. The molecule has 1 heterocycles. The minimum atomic E-state index is -0.320. The Morgan fingerprint density at radius 2 is 2.10 bits per heavy atom. The molecule has 0 aliphatic carbocycles. The summed E-state index contributed by atoms with van der Waals surface area (Å²) in [5.41, 5.74) is 5.34. The van der Waals surface area contributed by atoms with Crippen molar-refractivity contribution in [3.05, 3.63) is 53.5 Å². The number of hydrogen-bond acceptors (Lipinski definition) is 4. The molecule has 0 bridgehead atoms. The van der Waals surface area contributed by atoms with Gasteiger partial charge in [-0.05, 0) is 56.2 Å². The van der Waals surface area contributed by atoms with Crippen LogP contribution in [0.25, 0.3) is 0 Å². The number of carbonyl (C=O) groups is 1. The summed E-state index contributed by atoms with van der Waals surface area (Å²) in [6.45, 7) is 5.69. The van der Waals surface area contributed by atoms with Crippen molar-refractivity contribution in [2.45, 2.75) is 20.8 Å². The van der Waals surface area contributed by atoms with E-state index in [4.69, 9.17) is 9.15 Å². The molecule has 0 atom stereocenters. The van der Waals surface area contributed by atoms with E-state index in [1.165, 1.54) is 5.56 Å². The highest BCUT2D eigenvalue weighted by Crippen LogP contribution is 2.16. The highest BCUT2D eigenvalue weighted by atomic mass is 16.5. The van der Waals surface area contributed by atoms with E-state index >= 15 is 0 Å². The fourth-order valence-corrected chi connectivity index (χ4v) is 1.67. The molecule has 0 spiro atoms. The summed E-state index contributed by atoms with van der Waals surface area (Å²) in [5, 5.41) is 3.95. The van der Waals surface area contributed by atoms with Crippen molar-refractivity contribution in [2.24, 2.45) is 5.10 Å². The SMILES string of the molecule is C/C(=N/NC(=O)COc1ccc(C)c(C)c1)c1ccco1. The van der Waals surface area contributed by atoms with Crippen LogP contribution < -0.4 is 10.2 Å². The van der Waals surface area contributed by atoms with E-state index in [1.54, 1.807) is 25.3 Å². The van der Waals surface area contributed by atoms with E-state index in [1.807, 2.05) is 32.0 Å². The maximum atomic E-state index is 11.7. The Hall–Kier alpha value is -2.56. The molecule has 110 valence electrons. The monoisotopic (exact) mass is 286 g/mol. The average Bonchev–Trinajstić information content (AvgIpc) is 3.00. The van der Waals surface area contributed by atoms with Crippen molar-refractivity contribution in [3.8, 4) is 5.75 Å². The third-order valence-corrected chi connectivity index (χ3v) is 3.07. The van der Waals surface area contributed by atoms with Crippen LogP contribution in [0.15, 0.2) is 46.1 Å². The Labute approximate surface area is 123 Å². The van der Waals surface area contributed by atoms with Gasteiger partial charge in [-0.1, -0.05) is 6.07 Å². The van der Waals surface area contributed by atoms with Crippen molar-refractivity contribution in [3.63, 3.8) is 0 Å². The van der Waals surface area contributed by atoms with Crippen molar-refractivity contribution < 1.29 is 13.9 Å². The van der Waals surface area contributed by atoms with E-state index in [-0.39, 0.29) is 12.5 Å². The van der Waals surface area contributed by atoms with Crippen molar-refractivity contribution in [1.82, 2.24) is 5.43 Å². The zero-order valence-electron chi connectivity index (χ0n) is 12.3. The molecule has 0 saturated heterocycles. The second-order valence-corrected chi connectivity index (χ2v) is 4.74. The lowest BCUT2D eigenvalue weighted by Gasteiger charge is -2.07. The van der Waals surface area contributed by atoms with Crippen LogP contribution in [0.5, 0.6) is 5.75 Å². The van der Waals surface area contributed by atoms with Gasteiger partial charge in [0.15, 0.2) is 6.61 Å². The number of hydrazone groups is 1. The first kappa shape index (κ1) is 14.8. The fraction of sp³-hybridized carbons (Fsp3) is 0.250. The molecule has 5 heteroatoms. The standard InChI is InChI=1S/C16H18N2O3/c1-11-6-7-14(9-12(11)2)21-10-16(19)18-17-13(3)15-5-4-8-20-15/h4-9H,10H2,1-3H3,(H,18,19)/b17-13-. The van der Waals surface area contributed by atoms with E-state index in [2.05, 4.69) is 10.5 Å². The quantitative estimate of drug-likeness (QED) is 0.679. The zero-order valence-corrected chi connectivity index (χ0v) is 12.3. The van der Waals surface area contributed by atoms with Crippen LogP contribution >= 0.6 is 0 Å². The molecule has 0 aliphatic rings. The number of rotatable bonds is 5. The molecular weight excluding hydrogens is 268 g/mol. The molecule has 5 nitrogen and oxygen atoms in total. The first-order valence-corrected chi connectivity index (χ1v) is 6.63. The molecule has 21 heavy (non-hydrogen) atoms. The molecule has 0 unspecified atom stereocenters. The van der Waals surface area contributed by atoms with Crippen LogP contribution in [-0.4, -0.2) is 18.2 Å². The number of nitrogens with one attached hydrogen (secondary N) is 1. The maximum absolute atomic E-state index is 11.7. The maximum Gasteiger partial charge on any atom is 0.277 e. The first-order chi connectivity index (χ1) is 10.1. The lowest BCUT2D eigenvalue weighted by atomic mass is 10.1. The van der Waals surface area contributed by atoms with Gasteiger partial charge in [-0.15, -0.1) is 0 Å². The Morgan fingerprint density at radius 1 is 1.29 bits per heavy atom. The lowest BCUT2D eigenvalue weighted by Crippen LogP contribution is -2.25. The summed E-state index contributed by atoms with van der Waals surface area (Å²) in [4.78, 5) is 11.7. The van der Waals surface area contributed by atoms with Crippen molar-refractivity contribution in [1.29, 1.82) is 0 Å². The van der Waals surface area contributed by atoms with Gasteiger partial charge in [-0.25, -0.2) is 5.43 Å². The van der Waals surface area contributed by atoms with Gasteiger partial charge in [0.2, 0.25) is 0 Å². The molecule has 0 aliphatic heterocycles. The Morgan fingerprint density at radius 3 is 2.76 bits per heavy atom. The number of carbonyl (C=O) groups excluding carboxylic acids is 1. The van der Waals surface area contributed by atoms with Crippen LogP contribution in [0.1, 0.15) is 23.8 Å². The van der Waals surface area contributed by atoms with Gasteiger partial charge in [0, 0.05) is 0 Å². The van der Waals surface area contributed by atoms with Crippen LogP contribution in [0.2, 0.25) is 0 Å². The van der Waals surface area contributed by atoms with Gasteiger partial charge in [0.25, 0.3) is 5.91 Å². The molecule has 2 rings (SSSR count). The molecular formula is C16H18N2O3. The molecule has 1 N–H and O–H groups in total. The molecule has 0 saturated carbocycles. The minimum Gasteiger partial charge on any atom is -0.484 e. The summed E-state index contributed by atoms with van der Waals surface area (Å²) in [5.74, 6) is 0.962. The Balaban J connectivity index is 1.85. The van der Waals surface area contributed by atoms with E-state index in [0.717, 1.165) is 5.56 Å².